The molecule has 0 aliphatic heterocycles. The van der Waals surface area contributed by atoms with E-state index in [0.717, 1.165) is 37.8 Å². The Morgan fingerprint density at radius 3 is 2.55 bits per heavy atom. The summed E-state index contributed by atoms with van der Waals surface area (Å²) in [6, 6.07) is 2.23. The van der Waals surface area contributed by atoms with Crippen LogP contribution < -0.4 is 5.32 Å². The summed E-state index contributed by atoms with van der Waals surface area (Å²) in [6.07, 6.45) is 3.89. The summed E-state index contributed by atoms with van der Waals surface area (Å²) in [5, 5.41) is 21.9. The van der Waals surface area contributed by atoms with Crippen molar-refractivity contribution in [1.29, 1.82) is 0 Å². The van der Waals surface area contributed by atoms with Crippen molar-refractivity contribution in [2.75, 3.05) is 6.61 Å². The molecule has 1 aliphatic rings. The minimum Gasteiger partial charge on any atom is -0.503 e. The van der Waals surface area contributed by atoms with Crippen LogP contribution in [0.1, 0.15) is 38.2 Å². The van der Waals surface area contributed by atoms with E-state index in [1.165, 1.54) is 0 Å². The molecule has 0 heterocycles. The molecule has 1 aromatic carbocycles. The van der Waals surface area contributed by atoms with Gasteiger partial charge < -0.3 is 15.5 Å². The molecule has 1 aromatic rings. The first kappa shape index (κ1) is 15.2. The van der Waals surface area contributed by atoms with Crippen molar-refractivity contribution in [3.05, 3.63) is 29.3 Å². The average molecular weight is 285 g/mol. The lowest BCUT2D eigenvalue weighted by molar-refractivity contribution is 0.0982. The Labute approximate surface area is 117 Å². The van der Waals surface area contributed by atoms with Gasteiger partial charge in [-0.05, 0) is 36.5 Å². The Morgan fingerprint density at radius 1 is 1.35 bits per heavy atom. The molecular weight excluding hydrogens is 264 g/mol. The van der Waals surface area contributed by atoms with Gasteiger partial charge >= 0.3 is 0 Å². The lowest BCUT2D eigenvalue weighted by Gasteiger charge is -2.39. The second kappa shape index (κ2) is 6.06. The molecular formula is C15H21F2NO2. The number of aromatic hydroxyl groups is 1. The monoisotopic (exact) mass is 285 g/mol. The third-order valence-corrected chi connectivity index (χ3v) is 4.14. The summed E-state index contributed by atoms with van der Waals surface area (Å²) in [5.41, 5.74) is 0.0477. The number of aliphatic hydroxyl groups excluding tert-OH is 1. The minimum absolute atomic E-state index is 0.0143. The van der Waals surface area contributed by atoms with Gasteiger partial charge in [-0.25, -0.2) is 8.78 Å². The molecule has 112 valence electrons. The van der Waals surface area contributed by atoms with E-state index >= 15 is 0 Å². The molecule has 20 heavy (non-hydrogen) atoms. The van der Waals surface area contributed by atoms with Gasteiger partial charge in [0.2, 0.25) is 0 Å². The van der Waals surface area contributed by atoms with Crippen LogP contribution in [-0.2, 0) is 6.54 Å². The van der Waals surface area contributed by atoms with Crippen molar-refractivity contribution in [2.45, 2.75) is 44.7 Å². The van der Waals surface area contributed by atoms with E-state index in [4.69, 9.17) is 5.11 Å². The van der Waals surface area contributed by atoms with Crippen molar-refractivity contribution in [3.8, 4) is 5.75 Å². The van der Waals surface area contributed by atoms with E-state index in [1.807, 2.05) is 0 Å². The van der Waals surface area contributed by atoms with E-state index in [-0.39, 0.29) is 18.7 Å². The zero-order valence-electron chi connectivity index (χ0n) is 11.6. The third kappa shape index (κ3) is 3.27. The van der Waals surface area contributed by atoms with Crippen LogP contribution in [0.4, 0.5) is 8.78 Å². The fourth-order valence-corrected chi connectivity index (χ4v) is 3.03. The number of nitrogens with one attached hydrogen (secondary N) is 1. The van der Waals surface area contributed by atoms with Crippen LogP contribution in [0.3, 0.4) is 0 Å². The SMILES string of the molecule is CC1CCCC(CO)(NCc2cc(F)c(O)c(F)c2)C1. The number of aliphatic hydroxyl groups is 1. The summed E-state index contributed by atoms with van der Waals surface area (Å²) in [5.74, 6) is -2.35. The van der Waals surface area contributed by atoms with Gasteiger partial charge in [-0.15, -0.1) is 0 Å². The quantitative estimate of drug-likeness (QED) is 0.797. The molecule has 0 aromatic heterocycles. The first-order chi connectivity index (χ1) is 9.46. The molecule has 1 fully saturated rings. The fraction of sp³-hybridized carbons (Fsp3) is 0.600. The van der Waals surface area contributed by atoms with Crippen LogP contribution in [0, 0.1) is 17.6 Å². The maximum absolute atomic E-state index is 13.3. The summed E-state index contributed by atoms with van der Waals surface area (Å²) in [4.78, 5) is 0. The fourth-order valence-electron chi connectivity index (χ4n) is 3.03. The van der Waals surface area contributed by atoms with Gasteiger partial charge in [-0.1, -0.05) is 19.8 Å². The zero-order chi connectivity index (χ0) is 14.8. The largest absolute Gasteiger partial charge is 0.503 e. The van der Waals surface area contributed by atoms with Crippen LogP contribution in [0.25, 0.3) is 0 Å². The summed E-state index contributed by atoms with van der Waals surface area (Å²) < 4.78 is 26.6. The summed E-state index contributed by atoms with van der Waals surface area (Å²) >= 11 is 0. The Kier molecular flexibility index (Phi) is 4.60. The van der Waals surface area contributed by atoms with E-state index in [0.29, 0.717) is 11.5 Å². The second-order valence-corrected chi connectivity index (χ2v) is 5.90. The van der Waals surface area contributed by atoms with Gasteiger partial charge in [0.05, 0.1) is 6.61 Å². The number of phenols is 1. The Bertz CT molecular complexity index is 458. The molecule has 0 amide bonds. The average Bonchev–Trinajstić information content (AvgIpc) is 2.42. The van der Waals surface area contributed by atoms with Gasteiger partial charge in [0.25, 0.3) is 0 Å². The van der Waals surface area contributed by atoms with E-state index in [9.17, 15) is 13.9 Å². The number of rotatable bonds is 4. The topological polar surface area (TPSA) is 52.5 Å². The molecule has 5 heteroatoms. The maximum Gasteiger partial charge on any atom is 0.187 e. The minimum atomic E-state index is -0.961. The number of hydrogen-bond donors (Lipinski definition) is 3. The highest BCUT2D eigenvalue weighted by molar-refractivity contribution is 5.30. The number of hydrogen-bond acceptors (Lipinski definition) is 3. The van der Waals surface area contributed by atoms with Gasteiger partial charge in [0.15, 0.2) is 17.4 Å². The van der Waals surface area contributed by atoms with Crippen LogP contribution in [-0.4, -0.2) is 22.4 Å². The lowest BCUT2D eigenvalue weighted by atomic mass is 9.77. The van der Waals surface area contributed by atoms with Crippen molar-refractivity contribution in [2.24, 2.45) is 5.92 Å². The molecule has 3 N–H and O–H groups in total. The van der Waals surface area contributed by atoms with Gasteiger partial charge in [0.1, 0.15) is 0 Å². The molecule has 0 bridgehead atoms. The predicted molar refractivity (Wildman–Crippen MR) is 72.3 cm³/mol. The molecule has 1 aliphatic carbocycles. The van der Waals surface area contributed by atoms with Gasteiger partial charge in [0, 0.05) is 12.1 Å². The molecule has 1 saturated carbocycles. The summed E-state index contributed by atoms with van der Waals surface area (Å²) in [7, 11) is 0. The second-order valence-electron chi connectivity index (χ2n) is 5.90. The maximum atomic E-state index is 13.3. The van der Waals surface area contributed by atoms with Crippen LogP contribution >= 0.6 is 0 Å². The summed E-state index contributed by atoms with van der Waals surface area (Å²) in [6.45, 7) is 2.42. The Hall–Kier alpha value is -1.20. The zero-order valence-corrected chi connectivity index (χ0v) is 11.6. The van der Waals surface area contributed by atoms with E-state index < -0.39 is 17.4 Å². The highest BCUT2D eigenvalue weighted by atomic mass is 19.1. The molecule has 0 spiro atoms. The first-order valence-corrected chi connectivity index (χ1v) is 6.98. The van der Waals surface area contributed by atoms with Crippen molar-refractivity contribution in [1.82, 2.24) is 5.32 Å². The van der Waals surface area contributed by atoms with Crippen molar-refractivity contribution < 1.29 is 19.0 Å². The van der Waals surface area contributed by atoms with Gasteiger partial charge in [-0.2, -0.15) is 0 Å². The van der Waals surface area contributed by atoms with Crippen LogP contribution in [0.2, 0.25) is 0 Å². The number of benzene rings is 1. The molecule has 2 atom stereocenters. The normalized spacial score (nSPS) is 26.7. The number of halogens is 2. The Morgan fingerprint density at radius 2 is 2.00 bits per heavy atom. The predicted octanol–water partition coefficient (Wildman–Crippen LogP) is 2.70. The molecule has 2 rings (SSSR count). The highest BCUT2D eigenvalue weighted by Crippen LogP contribution is 2.32. The van der Waals surface area contributed by atoms with Crippen LogP contribution in [0.15, 0.2) is 12.1 Å². The van der Waals surface area contributed by atoms with Gasteiger partial charge in [-0.3, -0.25) is 0 Å². The molecule has 2 unspecified atom stereocenters. The smallest absolute Gasteiger partial charge is 0.187 e. The third-order valence-electron chi connectivity index (χ3n) is 4.14. The standard InChI is InChI=1S/C15H21F2NO2/c1-10-3-2-4-15(7-10,9-19)18-8-11-5-12(16)14(20)13(17)6-11/h5-6,10,18-20H,2-4,7-9H2,1H3. The van der Waals surface area contributed by atoms with E-state index in [2.05, 4.69) is 12.2 Å². The molecule has 0 saturated heterocycles. The van der Waals surface area contributed by atoms with Crippen molar-refractivity contribution >= 4 is 0 Å². The Balaban J connectivity index is 2.07. The highest BCUT2D eigenvalue weighted by Gasteiger charge is 2.33. The first-order valence-electron chi connectivity index (χ1n) is 6.98. The number of phenolic OH excluding ortho intramolecular Hbond substituents is 1. The van der Waals surface area contributed by atoms with E-state index in [1.54, 1.807) is 0 Å². The molecule has 3 nitrogen and oxygen atoms in total. The molecule has 0 radical (unpaired) electrons. The lowest BCUT2D eigenvalue weighted by Crippen LogP contribution is -2.51. The van der Waals surface area contributed by atoms with Crippen molar-refractivity contribution in [3.63, 3.8) is 0 Å². The van der Waals surface area contributed by atoms with Crippen LogP contribution in [0.5, 0.6) is 5.75 Å².